The van der Waals surface area contributed by atoms with Gasteiger partial charge >= 0.3 is 0 Å². The first-order chi connectivity index (χ1) is 15.8. The fraction of sp³-hybridized carbons (Fsp3) is 0.750. The Kier molecular flexibility index (Phi) is 6.91. The second-order valence-electron chi connectivity index (χ2n) is 10.2. The van der Waals surface area contributed by atoms with E-state index in [1.54, 1.807) is 11.3 Å². The van der Waals surface area contributed by atoms with Crippen molar-refractivity contribution in [1.82, 2.24) is 20.1 Å². The Morgan fingerprint density at radius 2 is 1.88 bits per heavy atom. The summed E-state index contributed by atoms with van der Waals surface area (Å²) in [5.74, 6) is -0.951. The van der Waals surface area contributed by atoms with Gasteiger partial charge in [-0.3, -0.25) is 9.69 Å². The van der Waals surface area contributed by atoms with Crippen LogP contribution >= 0.6 is 22.7 Å². The summed E-state index contributed by atoms with van der Waals surface area (Å²) in [6, 6.07) is 0. The van der Waals surface area contributed by atoms with Crippen LogP contribution in [0.3, 0.4) is 0 Å². The summed E-state index contributed by atoms with van der Waals surface area (Å²) in [5.41, 5.74) is 1.13. The highest BCUT2D eigenvalue weighted by molar-refractivity contribution is 7.12. The molecule has 3 aliphatic rings. The van der Waals surface area contributed by atoms with Crippen LogP contribution in [0.5, 0.6) is 0 Å². The molecule has 2 aromatic rings. The van der Waals surface area contributed by atoms with Crippen molar-refractivity contribution >= 4 is 28.5 Å². The molecule has 2 aliphatic carbocycles. The highest BCUT2D eigenvalue weighted by Crippen LogP contribution is 2.49. The number of carbonyl (C=O) groups excluding carboxylic acids is 1. The Bertz CT molecular complexity index is 975. The third kappa shape index (κ3) is 5.85. The Balaban J connectivity index is 1.02. The molecule has 0 radical (unpaired) electrons. The molecule has 0 unspecified atom stereocenters. The van der Waals surface area contributed by atoms with E-state index in [1.807, 2.05) is 6.92 Å². The molecule has 9 heteroatoms. The third-order valence-corrected chi connectivity index (χ3v) is 9.67. The molecule has 0 N–H and O–H groups in total. The Labute approximate surface area is 202 Å². The van der Waals surface area contributed by atoms with E-state index in [4.69, 9.17) is 4.98 Å². The first kappa shape index (κ1) is 23.4. The van der Waals surface area contributed by atoms with Gasteiger partial charge in [-0.25, -0.2) is 13.8 Å². The molecule has 180 valence electrons. The second-order valence-corrected chi connectivity index (χ2v) is 12.6. The van der Waals surface area contributed by atoms with E-state index in [9.17, 15) is 13.6 Å². The maximum atomic E-state index is 13.2. The van der Waals surface area contributed by atoms with Gasteiger partial charge in [0.15, 0.2) is 0 Å². The lowest BCUT2D eigenvalue weighted by molar-refractivity contribution is -0.119. The van der Waals surface area contributed by atoms with Gasteiger partial charge in [-0.05, 0) is 51.0 Å². The van der Waals surface area contributed by atoms with E-state index in [0.717, 1.165) is 65.5 Å². The van der Waals surface area contributed by atoms with Crippen molar-refractivity contribution in [3.8, 4) is 0 Å². The molecule has 0 amide bonds. The van der Waals surface area contributed by atoms with E-state index in [2.05, 4.69) is 15.1 Å². The molecule has 1 aliphatic heterocycles. The number of hydrogen-bond acceptors (Lipinski definition) is 7. The summed E-state index contributed by atoms with van der Waals surface area (Å²) < 4.78 is 26.4. The molecule has 0 atom stereocenters. The van der Waals surface area contributed by atoms with Crippen LogP contribution in [0.25, 0.3) is 0 Å². The van der Waals surface area contributed by atoms with Crippen molar-refractivity contribution in [2.45, 2.75) is 89.5 Å². The molecule has 0 saturated heterocycles. The van der Waals surface area contributed by atoms with Crippen LogP contribution in [0, 0.1) is 18.8 Å². The number of hydrogen-bond donors (Lipinski definition) is 0. The zero-order valence-corrected chi connectivity index (χ0v) is 20.8. The second kappa shape index (κ2) is 9.74. The monoisotopic (exact) mass is 494 g/mol. The largest absolute Gasteiger partial charge is 0.299 e. The normalized spacial score (nSPS) is 25.5. The first-order valence-corrected chi connectivity index (χ1v) is 13.9. The van der Waals surface area contributed by atoms with Crippen molar-refractivity contribution in [2.24, 2.45) is 11.8 Å². The summed E-state index contributed by atoms with van der Waals surface area (Å²) in [6.07, 6.45) is 7.98. The third-order valence-electron chi connectivity index (χ3n) is 7.52. The molecule has 0 spiro atoms. The fourth-order valence-corrected chi connectivity index (χ4v) is 7.44. The zero-order chi connectivity index (χ0) is 23.0. The first-order valence-electron chi connectivity index (χ1n) is 12.2. The molecule has 5 rings (SSSR count). The van der Waals surface area contributed by atoms with Crippen LogP contribution in [0.15, 0.2) is 0 Å². The standard InChI is InChI=1S/C24H32F2N4OS2/c1-15-28-29-22(32-15)11-19(31)10-17-4-2-16(3-5-17)6-8-30-9-7-21-20(14-30)27-23(33-21)18-12-24(25,26)13-18/h16-18H,2-14H2,1H3. The lowest BCUT2D eigenvalue weighted by Gasteiger charge is -2.33. The topological polar surface area (TPSA) is 59.0 Å². The van der Waals surface area contributed by atoms with Crippen molar-refractivity contribution in [2.75, 3.05) is 13.1 Å². The van der Waals surface area contributed by atoms with Crippen molar-refractivity contribution in [3.05, 3.63) is 25.6 Å². The van der Waals surface area contributed by atoms with Crippen LogP contribution in [-0.4, -0.2) is 44.9 Å². The Hall–Kier alpha value is -1.32. The highest BCUT2D eigenvalue weighted by atomic mass is 32.1. The maximum absolute atomic E-state index is 13.2. The van der Waals surface area contributed by atoms with Gasteiger partial charge in [-0.1, -0.05) is 12.8 Å². The van der Waals surface area contributed by atoms with Crippen LogP contribution in [0.2, 0.25) is 0 Å². The number of ketones is 1. The van der Waals surface area contributed by atoms with Gasteiger partial charge in [0.25, 0.3) is 0 Å². The predicted octanol–water partition coefficient (Wildman–Crippen LogP) is 5.57. The van der Waals surface area contributed by atoms with Crippen LogP contribution in [0.4, 0.5) is 8.78 Å². The fourth-order valence-electron chi connectivity index (χ4n) is 5.54. The number of Topliss-reactive ketones (excluding diaryl/α,β-unsaturated/α-hetero) is 1. The van der Waals surface area contributed by atoms with Crippen molar-refractivity contribution < 1.29 is 13.6 Å². The van der Waals surface area contributed by atoms with E-state index in [0.29, 0.717) is 24.5 Å². The minimum Gasteiger partial charge on any atom is -0.299 e. The highest BCUT2D eigenvalue weighted by Gasteiger charge is 2.47. The molecular weight excluding hydrogens is 462 g/mol. The van der Waals surface area contributed by atoms with Crippen LogP contribution < -0.4 is 0 Å². The smallest absolute Gasteiger partial charge is 0.249 e. The lowest BCUT2D eigenvalue weighted by Crippen LogP contribution is -2.33. The molecule has 2 fully saturated rings. The summed E-state index contributed by atoms with van der Waals surface area (Å²) >= 11 is 3.19. The maximum Gasteiger partial charge on any atom is 0.249 e. The molecule has 0 bridgehead atoms. The van der Waals surface area contributed by atoms with Gasteiger partial charge in [-0.2, -0.15) is 0 Å². The molecule has 3 heterocycles. The van der Waals surface area contributed by atoms with Crippen LogP contribution in [0.1, 0.15) is 82.9 Å². The molecule has 5 nitrogen and oxygen atoms in total. The number of thiazole rings is 1. The van der Waals surface area contributed by atoms with E-state index >= 15 is 0 Å². The van der Waals surface area contributed by atoms with Crippen LogP contribution in [-0.2, 0) is 24.2 Å². The molecule has 2 saturated carbocycles. The molecular formula is C24H32F2N4OS2. The number of halogens is 2. The van der Waals surface area contributed by atoms with Crippen molar-refractivity contribution in [1.29, 1.82) is 0 Å². The predicted molar refractivity (Wildman–Crippen MR) is 126 cm³/mol. The van der Waals surface area contributed by atoms with Gasteiger partial charge in [0.1, 0.15) is 15.8 Å². The van der Waals surface area contributed by atoms with Gasteiger partial charge in [0.05, 0.1) is 17.1 Å². The Morgan fingerprint density at radius 3 is 2.58 bits per heavy atom. The number of carbonyl (C=O) groups is 1. The van der Waals surface area contributed by atoms with Crippen molar-refractivity contribution in [3.63, 3.8) is 0 Å². The minimum atomic E-state index is -2.48. The number of rotatable bonds is 8. The average molecular weight is 495 g/mol. The van der Waals surface area contributed by atoms with Gasteiger partial charge in [0.2, 0.25) is 5.92 Å². The van der Waals surface area contributed by atoms with E-state index in [1.165, 1.54) is 35.5 Å². The zero-order valence-electron chi connectivity index (χ0n) is 19.2. The quantitative estimate of drug-likeness (QED) is 0.480. The number of nitrogens with zero attached hydrogens (tertiary/aromatic N) is 4. The lowest BCUT2D eigenvalue weighted by atomic mass is 9.78. The number of fused-ring (bicyclic) bond motifs is 1. The average Bonchev–Trinajstić information content (AvgIpc) is 3.36. The number of aryl methyl sites for hydroxylation is 1. The van der Waals surface area contributed by atoms with Gasteiger partial charge in [-0.15, -0.1) is 32.9 Å². The minimum absolute atomic E-state index is 0.0286. The Morgan fingerprint density at radius 1 is 1.12 bits per heavy atom. The summed E-state index contributed by atoms with van der Waals surface area (Å²) in [4.78, 5) is 20.9. The SMILES string of the molecule is Cc1nnc(CC(=O)CC2CCC(CCN3CCc4sc(C5CC(F)(F)C5)nc4C3)CC2)s1. The van der Waals surface area contributed by atoms with Gasteiger partial charge in [0, 0.05) is 43.1 Å². The summed E-state index contributed by atoms with van der Waals surface area (Å²) in [6.45, 7) is 4.91. The number of alkyl halides is 2. The van der Waals surface area contributed by atoms with E-state index < -0.39 is 5.92 Å². The molecule has 2 aromatic heterocycles. The van der Waals surface area contributed by atoms with E-state index in [-0.39, 0.29) is 18.8 Å². The summed E-state index contributed by atoms with van der Waals surface area (Å²) in [7, 11) is 0. The van der Waals surface area contributed by atoms with Gasteiger partial charge < -0.3 is 0 Å². The number of aromatic nitrogens is 3. The molecule has 33 heavy (non-hydrogen) atoms. The molecule has 0 aromatic carbocycles. The summed E-state index contributed by atoms with van der Waals surface area (Å²) in [5, 5.41) is 10.8.